The Labute approximate surface area is 275 Å². The highest BCUT2D eigenvalue weighted by Gasteiger charge is 2.44. The third-order valence-corrected chi connectivity index (χ3v) is 10.7. The van der Waals surface area contributed by atoms with Crippen molar-refractivity contribution in [1.29, 1.82) is 0 Å². The second-order valence-corrected chi connectivity index (χ2v) is 16.0. The molecule has 14 nitrogen and oxygen atoms in total. The molecule has 0 unspecified atom stereocenters. The number of carbonyl (C=O) groups is 1. The number of rotatable bonds is 17. The van der Waals surface area contributed by atoms with Crippen molar-refractivity contribution in [1.82, 2.24) is 14.9 Å². The average molecular weight is 700 g/mol. The first-order valence-corrected chi connectivity index (χ1v) is 18.8. The van der Waals surface area contributed by atoms with Crippen molar-refractivity contribution in [2.45, 2.75) is 62.7 Å². The highest BCUT2D eigenvalue weighted by Crippen LogP contribution is 2.33. The molecule has 0 radical (unpaired) electrons. The fourth-order valence-electron chi connectivity index (χ4n) is 5.57. The Kier molecular flexibility index (Phi) is 13.2. The lowest BCUT2D eigenvalue weighted by Gasteiger charge is -2.31. The molecule has 1 amide bonds. The smallest absolute Gasteiger partial charge is 0.407 e. The molecule has 2 saturated heterocycles. The van der Waals surface area contributed by atoms with Crippen molar-refractivity contribution in [2.24, 2.45) is 11.8 Å². The monoisotopic (exact) mass is 699 g/mol. The van der Waals surface area contributed by atoms with Gasteiger partial charge in [0.25, 0.3) is 0 Å². The van der Waals surface area contributed by atoms with E-state index in [0.717, 1.165) is 11.1 Å². The maximum absolute atomic E-state index is 13.7. The number of nitrogens with one attached hydrogen (secondary N) is 2. The molecule has 5 N–H and O–H groups in total. The Morgan fingerprint density at radius 1 is 1.06 bits per heavy atom. The quantitative estimate of drug-likeness (QED) is 0.119. The lowest BCUT2D eigenvalue weighted by Crippen LogP contribution is -2.51. The maximum atomic E-state index is 13.7. The number of alkyl carbamates (subject to hydrolysis) is 1. The predicted molar refractivity (Wildman–Crippen MR) is 172 cm³/mol. The topological polar surface area (TPSA) is 193 Å². The number of aliphatic hydroxyl groups excluding tert-OH is 1. The van der Waals surface area contributed by atoms with Crippen molar-refractivity contribution >= 4 is 23.7 Å². The highest BCUT2D eigenvalue weighted by atomic mass is 32.2. The summed E-state index contributed by atoms with van der Waals surface area (Å²) in [5.41, 5.74) is 1.63. The van der Waals surface area contributed by atoms with Gasteiger partial charge < -0.3 is 44.5 Å². The zero-order valence-electron chi connectivity index (χ0n) is 26.9. The summed E-state index contributed by atoms with van der Waals surface area (Å²) in [5, 5.41) is 17.3. The minimum atomic E-state index is -4.09. The second kappa shape index (κ2) is 16.7. The Morgan fingerprint density at radius 3 is 2.38 bits per heavy atom. The summed E-state index contributed by atoms with van der Waals surface area (Å²) in [4.78, 5) is 31.3. The van der Waals surface area contributed by atoms with Gasteiger partial charge in [-0.2, -0.15) is 4.31 Å². The predicted octanol–water partition coefficient (Wildman–Crippen LogP) is 2.07. The fourth-order valence-corrected chi connectivity index (χ4v) is 7.64. The standard InChI is InChI=1S/C31H46N3O11PS/c1-21(2)18-34(47(40,41)25-10-8-24(42-3)9-11-25)19-28(35)27(33-31(36)45-29-20-44-30-26(29)12-14-43-30)16-22-4-6-23(7-5-22)17-32-13-15-46(37,38)39/h4-11,21,26-30,32,35H,12-20H2,1-3H3,(H,33,36)(H2,37,38,39)/t26-,27-,28+,29-,30+/m0/s1. The van der Waals surface area contributed by atoms with Gasteiger partial charge >= 0.3 is 13.7 Å². The Morgan fingerprint density at radius 2 is 1.74 bits per heavy atom. The summed E-state index contributed by atoms with van der Waals surface area (Å²) in [6.07, 6.45) is -2.40. The number of hydrogen-bond donors (Lipinski definition) is 5. The number of fused-ring (bicyclic) bond motifs is 1. The third-order valence-electron chi connectivity index (χ3n) is 8.06. The molecule has 0 bridgehead atoms. The van der Waals surface area contributed by atoms with Crippen molar-refractivity contribution < 1.29 is 51.6 Å². The molecule has 0 aliphatic carbocycles. The molecule has 5 atom stereocenters. The van der Waals surface area contributed by atoms with E-state index in [-0.39, 0.29) is 55.6 Å². The van der Waals surface area contributed by atoms with Gasteiger partial charge in [0, 0.05) is 26.2 Å². The summed E-state index contributed by atoms with van der Waals surface area (Å²) in [6, 6.07) is 12.4. The first-order chi connectivity index (χ1) is 22.2. The number of ether oxygens (including phenoxy) is 4. The molecule has 0 spiro atoms. The molecule has 4 rings (SSSR count). The molecule has 2 fully saturated rings. The van der Waals surface area contributed by atoms with Gasteiger partial charge in [-0.3, -0.25) is 4.57 Å². The number of amides is 1. The van der Waals surface area contributed by atoms with Crippen LogP contribution in [0, 0.1) is 11.8 Å². The molecule has 47 heavy (non-hydrogen) atoms. The lowest BCUT2D eigenvalue weighted by atomic mass is 10.00. The SMILES string of the molecule is COc1ccc(S(=O)(=O)N(CC(C)C)C[C@@H](O)[C@H](Cc2ccc(CNCCP(=O)(O)O)cc2)NC(=O)O[C@H]2CO[C@H]3OCC[C@H]32)cc1. The van der Waals surface area contributed by atoms with Gasteiger partial charge in [0.1, 0.15) is 11.9 Å². The minimum Gasteiger partial charge on any atom is -0.497 e. The van der Waals surface area contributed by atoms with Crippen LogP contribution in [0.5, 0.6) is 5.75 Å². The third kappa shape index (κ3) is 11.0. The normalized spacial score (nSPS) is 21.1. The molecule has 2 aliphatic rings. The Bertz CT molecular complexity index is 1450. The summed E-state index contributed by atoms with van der Waals surface area (Å²) >= 11 is 0. The van der Waals surface area contributed by atoms with Gasteiger partial charge in [-0.05, 0) is 54.2 Å². The van der Waals surface area contributed by atoms with E-state index in [9.17, 15) is 22.9 Å². The van der Waals surface area contributed by atoms with Crippen molar-refractivity contribution in [3.8, 4) is 5.75 Å². The molecule has 262 valence electrons. The molecule has 0 saturated carbocycles. The van der Waals surface area contributed by atoms with E-state index in [1.165, 1.54) is 23.5 Å². The van der Waals surface area contributed by atoms with Gasteiger partial charge in [0.05, 0.1) is 49.4 Å². The molecule has 16 heteroatoms. The number of hydrogen-bond acceptors (Lipinski definition) is 10. The van der Waals surface area contributed by atoms with E-state index < -0.39 is 48.3 Å². The van der Waals surface area contributed by atoms with E-state index in [1.807, 2.05) is 38.1 Å². The summed E-state index contributed by atoms with van der Waals surface area (Å²) < 4.78 is 61.7. The lowest BCUT2D eigenvalue weighted by molar-refractivity contribution is -0.0907. The van der Waals surface area contributed by atoms with E-state index in [2.05, 4.69) is 10.6 Å². The van der Waals surface area contributed by atoms with Crippen LogP contribution in [0.4, 0.5) is 4.79 Å². The van der Waals surface area contributed by atoms with Crippen LogP contribution in [0.3, 0.4) is 0 Å². The maximum Gasteiger partial charge on any atom is 0.407 e. The van der Waals surface area contributed by atoms with Crippen LogP contribution in [0.25, 0.3) is 0 Å². The molecule has 2 heterocycles. The van der Waals surface area contributed by atoms with Crippen LogP contribution in [0.1, 0.15) is 31.4 Å². The zero-order chi connectivity index (χ0) is 34.2. The van der Waals surface area contributed by atoms with Crippen LogP contribution in [-0.4, -0.2) is 104 Å². The van der Waals surface area contributed by atoms with E-state index in [0.29, 0.717) is 25.3 Å². The number of benzene rings is 2. The first kappa shape index (κ1) is 37.2. The summed E-state index contributed by atoms with van der Waals surface area (Å²) in [6.45, 7) is 4.85. The molecule has 2 aromatic carbocycles. The summed E-state index contributed by atoms with van der Waals surface area (Å²) in [5.74, 6) is 0.370. The first-order valence-electron chi connectivity index (χ1n) is 15.6. The van der Waals surface area contributed by atoms with Crippen LogP contribution in [0.2, 0.25) is 0 Å². The number of aliphatic hydroxyl groups is 1. The van der Waals surface area contributed by atoms with E-state index in [4.69, 9.17) is 28.7 Å². The highest BCUT2D eigenvalue weighted by molar-refractivity contribution is 7.89. The molecule has 2 aromatic rings. The van der Waals surface area contributed by atoms with Crippen LogP contribution >= 0.6 is 7.60 Å². The van der Waals surface area contributed by atoms with Crippen molar-refractivity contribution in [3.05, 3.63) is 59.7 Å². The number of sulfonamides is 1. The van der Waals surface area contributed by atoms with Crippen LogP contribution in [-0.2, 0) is 41.8 Å². The summed E-state index contributed by atoms with van der Waals surface area (Å²) in [7, 11) is -6.62. The second-order valence-electron chi connectivity index (χ2n) is 12.3. The average Bonchev–Trinajstić information content (AvgIpc) is 3.64. The van der Waals surface area contributed by atoms with Gasteiger partial charge in [-0.1, -0.05) is 38.1 Å². The molecular weight excluding hydrogens is 653 g/mol. The van der Waals surface area contributed by atoms with Crippen molar-refractivity contribution in [3.63, 3.8) is 0 Å². The van der Waals surface area contributed by atoms with Crippen LogP contribution in [0.15, 0.2) is 53.4 Å². The fraction of sp³-hybridized carbons (Fsp3) is 0.581. The molecule has 0 aromatic heterocycles. The number of methoxy groups -OCH3 is 1. The van der Waals surface area contributed by atoms with E-state index in [1.54, 1.807) is 12.1 Å². The largest absolute Gasteiger partial charge is 0.497 e. The van der Waals surface area contributed by atoms with Gasteiger partial charge in [-0.25, -0.2) is 13.2 Å². The zero-order valence-corrected chi connectivity index (χ0v) is 28.6. The number of nitrogens with zero attached hydrogens (tertiary/aromatic N) is 1. The number of carbonyl (C=O) groups excluding carboxylic acids is 1. The van der Waals surface area contributed by atoms with Gasteiger partial charge in [-0.15, -0.1) is 0 Å². The van der Waals surface area contributed by atoms with Gasteiger partial charge in [0.2, 0.25) is 10.0 Å². The van der Waals surface area contributed by atoms with Crippen LogP contribution < -0.4 is 15.4 Å². The Hall–Kier alpha value is -2.59. The molecular formula is C31H46N3O11PS. The molecule has 2 aliphatic heterocycles. The van der Waals surface area contributed by atoms with Gasteiger partial charge in [0.15, 0.2) is 6.29 Å². The van der Waals surface area contributed by atoms with Crippen molar-refractivity contribution in [2.75, 3.05) is 46.1 Å². The van der Waals surface area contributed by atoms with E-state index >= 15 is 0 Å². The minimum absolute atomic E-state index is 0.0506. The Balaban J connectivity index is 1.49.